The number of nitrogens with zero attached hydrogens (tertiary/aromatic N) is 1. The van der Waals surface area contributed by atoms with Gasteiger partial charge in [-0.15, -0.1) is 0 Å². The number of aliphatic carboxylic acids is 1. The Morgan fingerprint density at radius 2 is 1.96 bits per heavy atom. The molecule has 0 aliphatic carbocycles. The molecule has 1 atom stereocenters. The number of carboxylic acid groups (broad SMARTS) is 1. The summed E-state index contributed by atoms with van der Waals surface area (Å²) in [4.78, 5) is 25.7. The quantitative estimate of drug-likeness (QED) is 0.894. The zero-order valence-corrected chi connectivity index (χ0v) is 14.4. The molecule has 2 aromatic carbocycles. The highest BCUT2D eigenvalue weighted by molar-refractivity contribution is 5.84. The van der Waals surface area contributed by atoms with Gasteiger partial charge in [0.15, 0.2) is 11.6 Å². The van der Waals surface area contributed by atoms with Crippen LogP contribution in [0.1, 0.15) is 23.1 Å². The molecule has 3 rings (SSSR count). The van der Waals surface area contributed by atoms with Crippen molar-refractivity contribution >= 4 is 11.9 Å². The van der Waals surface area contributed by atoms with Crippen LogP contribution in [-0.2, 0) is 29.0 Å². The van der Waals surface area contributed by atoms with Gasteiger partial charge in [0.25, 0.3) is 0 Å². The maximum Gasteiger partial charge on any atom is 0.326 e. The van der Waals surface area contributed by atoms with Crippen LogP contribution in [0.25, 0.3) is 0 Å². The highest BCUT2D eigenvalue weighted by Gasteiger charge is 2.34. The van der Waals surface area contributed by atoms with Crippen molar-refractivity contribution in [2.75, 3.05) is 7.11 Å². The fraction of sp³-hybridized carbons (Fsp3) is 0.300. The van der Waals surface area contributed by atoms with Crippen LogP contribution in [0.15, 0.2) is 42.5 Å². The molecule has 0 spiro atoms. The first-order chi connectivity index (χ1) is 12.5. The number of hydrogen-bond acceptors (Lipinski definition) is 3. The minimum Gasteiger partial charge on any atom is -0.494 e. The van der Waals surface area contributed by atoms with E-state index in [9.17, 15) is 19.1 Å². The van der Waals surface area contributed by atoms with Gasteiger partial charge in [0.2, 0.25) is 5.91 Å². The molecule has 6 heteroatoms. The van der Waals surface area contributed by atoms with Crippen molar-refractivity contribution in [1.29, 1.82) is 0 Å². The predicted molar refractivity (Wildman–Crippen MR) is 93.4 cm³/mol. The van der Waals surface area contributed by atoms with E-state index in [2.05, 4.69) is 0 Å². The summed E-state index contributed by atoms with van der Waals surface area (Å²) in [5, 5.41) is 9.51. The third kappa shape index (κ3) is 3.69. The first-order valence-corrected chi connectivity index (χ1v) is 8.41. The molecule has 0 saturated heterocycles. The Hall–Kier alpha value is -2.89. The number of aryl methyl sites for hydroxylation is 1. The molecule has 0 aromatic heterocycles. The van der Waals surface area contributed by atoms with Gasteiger partial charge in [0, 0.05) is 19.4 Å². The van der Waals surface area contributed by atoms with Gasteiger partial charge in [0.1, 0.15) is 6.04 Å². The summed E-state index contributed by atoms with van der Waals surface area (Å²) in [7, 11) is 1.39. The lowest BCUT2D eigenvalue weighted by Gasteiger charge is -2.34. The SMILES string of the molecule is COc1ccc(CCC(=O)N2Cc3ccccc3CC2C(=O)O)cc1F. The number of carbonyl (C=O) groups excluding carboxylic acids is 1. The van der Waals surface area contributed by atoms with Gasteiger partial charge in [-0.2, -0.15) is 0 Å². The maximum absolute atomic E-state index is 13.8. The van der Waals surface area contributed by atoms with Crippen molar-refractivity contribution in [1.82, 2.24) is 4.90 Å². The Labute approximate surface area is 151 Å². The molecule has 1 aliphatic rings. The molecule has 2 aromatic rings. The van der Waals surface area contributed by atoms with Crippen molar-refractivity contribution in [3.8, 4) is 5.75 Å². The maximum atomic E-state index is 13.8. The van der Waals surface area contributed by atoms with Gasteiger partial charge < -0.3 is 14.7 Å². The molecular formula is C20H20FNO4. The van der Waals surface area contributed by atoms with E-state index in [0.717, 1.165) is 11.1 Å². The second-order valence-electron chi connectivity index (χ2n) is 6.32. The Morgan fingerprint density at radius 1 is 1.23 bits per heavy atom. The lowest BCUT2D eigenvalue weighted by molar-refractivity contribution is -0.151. The number of methoxy groups -OCH3 is 1. The van der Waals surface area contributed by atoms with Crippen LogP contribution in [-0.4, -0.2) is 35.0 Å². The van der Waals surface area contributed by atoms with Crippen molar-refractivity contribution in [2.24, 2.45) is 0 Å². The average molecular weight is 357 g/mol. The van der Waals surface area contributed by atoms with E-state index in [1.165, 1.54) is 24.1 Å². The van der Waals surface area contributed by atoms with E-state index >= 15 is 0 Å². The van der Waals surface area contributed by atoms with Gasteiger partial charge in [0.05, 0.1) is 7.11 Å². The van der Waals surface area contributed by atoms with Crippen molar-refractivity contribution in [3.63, 3.8) is 0 Å². The van der Waals surface area contributed by atoms with E-state index in [1.54, 1.807) is 6.07 Å². The molecule has 0 bridgehead atoms. The Bertz CT molecular complexity index is 836. The molecule has 0 saturated carbocycles. The lowest BCUT2D eigenvalue weighted by atomic mass is 9.93. The highest BCUT2D eigenvalue weighted by Crippen LogP contribution is 2.25. The van der Waals surface area contributed by atoms with Crippen LogP contribution in [0.3, 0.4) is 0 Å². The second-order valence-corrected chi connectivity index (χ2v) is 6.32. The van der Waals surface area contributed by atoms with Crippen LogP contribution >= 0.6 is 0 Å². The first kappa shape index (κ1) is 17.9. The van der Waals surface area contributed by atoms with Crippen LogP contribution < -0.4 is 4.74 Å². The zero-order valence-electron chi connectivity index (χ0n) is 14.4. The largest absolute Gasteiger partial charge is 0.494 e. The number of carbonyl (C=O) groups is 2. The van der Waals surface area contributed by atoms with E-state index in [4.69, 9.17) is 4.74 Å². The van der Waals surface area contributed by atoms with E-state index < -0.39 is 17.8 Å². The van der Waals surface area contributed by atoms with Crippen molar-refractivity contribution in [3.05, 3.63) is 65.0 Å². The summed E-state index contributed by atoms with van der Waals surface area (Å²) >= 11 is 0. The lowest BCUT2D eigenvalue weighted by Crippen LogP contribution is -2.48. The molecule has 0 radical (unpaired) electrons. The van der Waals surface area contributed by atoms with Gasteiger partial charge in [-0.1, -0.05) is 30.3 Å². The van der Waals surface area contributed by atoms with E-state index in [-0.39, 0.29) is 24.6 Å². The number of ether oxygens (including phenoxy) is 1. The molecule has 0 fully saturated rings. The second kappa shape index (κ2) is 7.56. The summed E-state index contributed by atoms with van der Waals surface area (Å²) in [6, 6.07) is 11.2. The summed E-state index contributed by atoms with van der Waals surface area (Å²) in [5.41, 5.74) is 2.59. The van der Waals surface area contributed by atoms with Gasteiger partial charge in [-0.25, -0.2) is 9.18 Å². The number of rotatable bonds is 5. The third-order valence-electron chi connectivity index (χ3n) is 4.70. The normalized spacial score (nSPS) is 16.1. The number of carboxylic acids is 1. The number of benzene rings is 2. The number of halogens is 1. The standard InChI is InChI=1S/C20H20FNO4/c1-26-18-8-6-13(10-16(18)21)7-9-19(23)22-12-15-5-3-2-4-14(15)11-17(22)20(24)25/h2-6,8,10,17H,7,9,11-12H2,1H3,(H,24,25). The Kier molecular flexibility index (Phi) is 5.21. The molecule has 1 N–H and O–H groups in total. The molecule has 1 amide bonds. The smallest absolute Gasteiger partial charge is 0.326 e. The predicted octanol–water partition coefficient (Wildman–Crippen LogP) is 2.81. The minimum atomic E-state index is -1.01. The topological polar surface area (TPSA) is 66.8 Å². The molecule has 1 aliphatic heterocycles. The van der Waals surface area contributed by atoms with E-state index in [0.29, 0.717) is 18.4 Å². The van der Waals surface area contributed by atoms with Crippen LogP contribution in [0.4, 0.5) is 4.39 Å². The van der Waals surface area contributed by atoms with Crippen LogP contribution in [0, 0.1) is 5.82 Å². The average Bonchev–Trinajstić information content (AvgIpc) is 2.65. The zero-order chi connectivity index (χ0) is 18.7. The minimum absolute atomic E-state index is 0.123. The molecule has 1 unspecified atom stereocenters. The number of hydrogen-bond donors (Lipinski definition) is 1. The first-order valence-electron chi connectivity index (χ1n) is 8.41. The summed E-state index contributed by atoms with van der Waals surface area (Å²) in [6.45, 7) is 0.281. The van der Waals surface area contributed by atoms with E-state index in [1.807, 2.05) is 24.3 Å². The monoisotopic (exact) mass is 357 g/mol. The summed E-state index contributed by atoms with van der Waals surface area (Å²) in [6.07, 6.45) is 0.760. The Balaban J connectivity index is 1.71. The third-order valence-corrected chi connectivity index (χ3v) is 4.70. The van der Waals surface area contributed by atoms with Crippen molar-refractivity contribution in [2.45, 2.75) is 31.8 Å². The molecule has 1 heterocycles. The number of fused-ring (bicyclic) bond motifs is 1. The summed E-state index contributed by atoms with van der Waals surface area (Å²) in [5.74, 6) is -1.59. The van der Waals surface area contributed by atoms with Gasteiger partial charge in [-0.3, -0.25) is 4.79 Å². The van der Waals surface area contributed by atoms with Crippen LogP contribution in [0.5, 0.6) is 5.75 Å². The molecular weight excluding hydrogens is 337 g/mol. The molecule has 136 valence electrons. The fourth-order valence-corrected chi connectivity index (χ4v) is 3.27. The van der Waals surface area contributed by atoms with Crippen LogP contribution in [0.2, 0.25) is 0 Å². The van der Waals surface area contributed by atoms with Crippen molar-refractivity contribution < 1.29 is 23.8 Å². The Morgan fingerprint density at radius 3 is 2.62 bits per heavy atom. The number of amides is 1. The fourth-order valence-electron chi connectivity index (χ4n) is 3.27. The van der Waals surface area contributed by atoms with Gasteiger partial charge >= 0.3 is 5.97 Å². The van der Waals surface area contributed by atoms with Gasteiger partial charge in [-0.05, 0) is 35.2 Å². The summed E-state index contributed by atoms with van der Waals surface area (Å²) < 4.78 is 18.6. The highest BCUT2D eigenvalue weighted by atomic mass is 19.1. The molecule has 5 nitrogen and oxygen atoms in total. The molecule has 26 heavy (non-hydrogen) atoms.